The summed E-state index contributed by atoms with van der Waals surface area (Å²) in [5.41, 5.74) is 2.17. The third kappa shape index (κ3) is 3.74. The highest BCUT2D eigenvalue weighted by Gasteiger charge is 2.22. The van der Waals surface area contributed by atoms with E-state index in [9.17, 15) is 13.2 Å². The minimum absolute atomic E-state index is 0.0741. The van der Waals surface area contributed by atoms with Gasteiger partial charge in [-0.15, -0.1) is 0 Å². The van der Waals surface area contributed by atoms with Crippen molar-refractivity contribution in [3.63, 3.8) is 0 Å². The average Bonchev–Trinajstić information content (AvgIpc) is 3.30. The lowest BCUT2D eigenvalue weighted by molar-refractivity contribution is 0.387. The Bertz CT molecular complexity index is 1050. The summed E-state index contributed by atoms with van der Waals surface area (Å²) in [4.78, 5) is 17.8. The SMILES string of the molecule is CCn1c(-c2noc(=O)[nH]2)nc2c1CNC2.O=S(=O)(O)c1ccccc1. The molecule has 0 unspecified atom stereocenters. The largest absolute Gasteiger partial charge is 0.439 e. The fourth-order valence-electron chi connectivity index (χ4n) is 2.61. The highest BCUT2D eigenvalue weighted by Crippen LogP contribution is 2.22. The van der Waals surface area contributed by atoms with Crippen molar-refractivity contribution >= 4 is 10.1 Å². The molecule has 1 aliphatic heterocycles. The lowest BCUT2D eigenvalue weighted by Gasteiger charge is -2.04. The molecule has 138 valence electrons. The first-order chi connectivity index (χ1) is 12.4. The van der Waals surface area contributed by atoms with Gasteiger partial charge >= 0.3 is 5.76 Å². The van der Waals surface area contributed by atoms with Crippen LogP contribution in [0.15, 0.2) is 44.5 Å². The van der Waals surface area contributed by atoms with Gasteiger partial charge in [0.25, 0.3) is 10.1 Å². The fraction of sp³-hybridized carbons (Fsp3) is 0.267. The second-order valence-corrected chi connectivity index (χ2v) is 6.83. The Morgan fingerprint density at radius 1 is 1.27 bits per heavy atom. The van der Waals surface area contributed by atoms with Gasteiger partial charge in [-0.25, -0.2) is 9.78 Å². The van der Waals surface area contributed by atoms with Gasteiger partial charge in [-0.1, -0.05) is 23.4 Å². The Morgan fingerprint density at radius 2 is 2.00 bits per heavy atom. The molecule has 0 fully saturated rings. The van der Waals surface area contributed by atoms with E-state index < -0.39 is 15.9 Å². The lowest BCUT2D eigenvalue weighted by atomic mass is 10.4. The number of nitrogens with one attached hydrogen (secondary N) is 2. The second kappa shape index (κ2) is 7.23. The van der Waals surface area contributed by atoms with E-state index in [1.165, 1.54) is 12.1 Å². The molecule has 0 atom stereocenters. The van der Waals surface area contributed by atoms with Crippen molar-refractivity contribution in [2.24, 2.45) is 0 Å². The molecule has 0 saturated heterocycles. The number of nitrogens with zero attached hydrogens (tertiary/aromatic N) is 3. The van der Waals surface area contributed by atoms with E-state index in [4.69, 9.17) is 4.55 Å². The van der Waals surface area contributed by atoms with Crippen LogP contribution in [0.1, 0.15) is 18.3 Å². The van der Waals surface area contributed by atoms with Crippen LogP contribution in [0.3, 0.4) is 0 Å². The molecule has 3 aromatic rings. The smallest absolute Gasteiger partial charge is 0.324 e. The van der Waals surface area contributed by atoms with Gasteiger partial charge < -0.3 is 9.88 Å². The van der Waals surface area contributed by atoms with Crippen LogP contribution in [0.2, 0.25) is 0 Å². The van der Waals surface area contributed by atoms with E-state index in [-0.39, 0.29) is 4.90 Å². The van der Waals surface area contributed by atoms with Gasteiger partial charge in [0.05, 0.1) is 16.3 Å². The Balaban J connectivity index is 0.000000170. The molecule has 0 saturated carbocycles. The summed E-state index contributed by atoms with van der Waals surface area (Å²) < 4.78 is 35.8. The van der Waals surface area contributed by atoms with E-state index in [1.54, 1.807) is 18.2 Å². The topological polar surface area (TPSA) is 143 Å². The van der Waals surface area contributed by atoms with Crippen LogP contribution in [0.4, 0.5) is 0 Å². The number of aromatic amines is 1. The van der Waals surface area contributed by atoms with Crippen LogP contribution in [0.25, 0.3) is 11.6 Å². The maximum absolute atomic E-state index is 10.9. The van der Waals surface area contributed by atoms with Crippen molar-refractivity contribution in [3.8, 4) is 11.6 Å². The first-order valence-electron chi connectivity index (χ1n) is 7.78. The molecule has 3 N–H and O–H groups in total. The molecule has 26 heavy (non-hydrogen) atoms. The van der Waals surface area contributed by atoms with E-state index >= 15 is 0 Å². The Kier molecular flexibility index (Phi) is 5.02. The maximum atomic E-state index is 10.9. The van der Waals surface area contributed by atoms with Crippen molar-refractivity contribution in [3.05, 3.63) is 52.3 Å². The molecule has 11 heteroatoms. The Hall–Kier alpha value is -2.76. The van der Waals surface area contributed by atoms with Crippen LogP contribution in [0, 0.1) is 0 Å². The Morgan fingerprint density at radius 3 is 2.54 bits per heavy atom. The van der Waals surface area contributed by atoms with Crippen molar-refractivity contribution in [1.29, 1.82) is 0 Å². The zero-order valence-corrected chi connectivity index (χ0v) is 14.7. The summed E-state index contributed by atoms with van der Waals surface area (Å²) in [6.45, 7) is 4.38. The van der Waals surface area contributed by atoms with E-state index in [0.717, 1.165) is 31.0 Å². The summed E-state index contributed by atoms with van der Waals surface area (Å²) in [5, 5.41) is 6.89. The number of H-pyrrole nitrogens is 1. The van der Waals surface area contributed by atoms with E-state index in [0.29, 0.717) is 11.6 Å². The predicted molar refractivity (Wildman–Crippen MR) is 90.8 cm³/mol. The van der Waals surface area contributed by atoms with Gasteiger partial charge in [0.1, 0.15) is 0 Å². The number of aromatic nitrogens is 4. The average molecular weight is 379 g/mol. The summed E-state index contributed by atoms with van der Waals surface area (Å²) in [6.07, 6.45) is 0. The molecule has 10 nitrogen and oxygen atoms in total. The molecule has 3 heterocycles. The number of rotatable bonds is 3. The molecule has 0 amide bonds. The van der Waals surface area contributed by atoms with Crippen molar-refractivity contribution in [2.75, 3.05) is 0 Å². The minimum Gasteiger partial charge on any atom is -0.324 e. The van der Waals surface area contributed by atoms with E-state index in [2.05, 4.69) is 25.0 Å². The predicted octanol–water partition coefficient (Wildman–Crippen LogP) is 0.783. The monoisotopic (exact) mass is 379 g/mol. The third-order valence-electron chi connectivity index (χ3n) is 3.75. The molecule has 0 bridgehead atoms. The first-order valence-corrected chi connectivity index (χ1v) is 9.22. The normalized spacial score (nSPS) is 13.2. The van der Waals surface area contributed by atoms with Crippen LogP contribution in [-0.4, -0.2) is 32.7 Å². The van der Waals surface area contributed by atoms with Crippen LogP contribution in [0.5, 0.6) is 0 Å². The van der Waals surface area contributed by atoms with Crippen molar-refractivity contribution < 1.29 is 17.5 Å². The third-order valence-corrected chi connectivity index (χ3v) is 4.62. The van der Waals surface area contributed by atoms with Gasteiger partial charge in [-0.3, -0.25) is 14.1 Å². The number of hydrogen-bond acceptors (Lipinski definition) is 7. The molecular formula is C15H17N5O5S. The van der Waals surface area contributed by atoms with Gasteiger partial charge in [0.2, 0.25) is 5.82 Å². The summed E-state index contributed by atoms with van der Waals surface area (Å²) in [7, 11) is -4.00. The highest BCUT2D eigenvalue weighted by molar-refractivity contribution is 7.85. The van der Waals surface area contributed by atoms with Crippen molar-refractivity contribution in [2.45, 2.75) is 31.5 Å². The number of imidazole rings is 1. The molecule has 0 radical (unpaired) electrons. The molecule has 1 aliphatic rings. The number of hydrogen-bond donors (Lipinski definition) is 3. The highest BCUT2D eigenvalue weighted by atomic mass is 32.2. The molecule has 0 aliphatic carbocycles. The zero-order chi connectivity index (χ0) is 18.7. The number of benzene rings is 1. The van der Waals surface area contributed by atoms with E-state index in [1.807, 2.05) is 11.5 Å². The van der Waals surface area contributed by atoms with Crippen LogP contribution < -0.4 is 11.1 Å². The fourth-order valence-corrected chi connectivity index (χ4v) is 3.12. The zero-order valence-electron chi connectivity index (χ0n) is 13.8. The van der Waals surface area contributed by atoms with Gasteiger partial charge in [0, 0.05) is 19.6 Å². The Labute approximate surface area is 148 Å². The van der Waals surface area contributed by atoms with Gasteiger partial charge in [-0.2, -0.15) is 8.42 Å². The lowest BCUT2D eigenvalue weighted by Crippen LogP contribution is -2.09. The summed E-state index contributed by atoms with van der Waals surface area (Å²) in [6, 6.07) is 7.42. The molecule has 2 aromatic heterocycles. The summed E-state index contributed by atoms with van der Waals surface area (Å²) >= 11 is 0. The molecule has 1 aromatic carbocycles. The standard InChI is InChI=1S/C9H11N5O2.C6H6O3S/c1-2-14-6-4-10-3-5(6)11-8(14)7-12-9(15)16-13-7;7-10(8,9)6-4-2-1-3-5-6/h10H,2-4H2,1H3,(H,12,13,15);1-5H,(H,7,8,9). The number of fused-ring (bicyclic) bond motifs is 1. The summed E-state index contributed by atoms with van der Waals surface area (Å²) in [5.74, 6) is 0.500. The van der Waals surface area contributed by atoms with Gasteiger partial charge in [-0.05, 0) is 19.1 Å². The minimum atomic E-state index is -4.00. The second-order valence-electron chi connectivity index (χ2n) is 5.41. The maximum Gasteiger partial charge on any atom is 0.439 e. The molecule has 4 rings (SSSR count). The van der Waals surface area contributed by atoms with Crippen LogP contribution >= 0.6 is 0 Å². The first kappa shape index (κ1) is 18.0. The molecule has 0 spiro atoms. The van der Waals surface area contributed by atoms with Crippen LogP contribution in [-0.2, 0) is 29.8 Å². The van der Waals surface area contributed by atoms with Gasteiger partial charge in [0.15, 0.2) is 5.82 Å². The quantitative estimate of drug-likeness (QED) is 0.567. The molecular weight excluding hydrogens is 362 g/mol. The van der Waals surface area contributed by atoms with Crippen molar-refractivity contribution in [1.82, 2.24) is 25.0 Å².